The molecular weight excluding hydrogens is 366 g/mol. The SMILES string of the molecule is CC(C)OC1=C(OC(C)C)C(O)(C#CCN(C)c2cccc3ccccc23)C1=O. The number of carbonyl (C=O) groups excluding carboxylic acids is 1. The van der Waals surface area contributed by atoms with Crippen molar-refractivity contribution in [3.05, 3.63) is 54.0 Å². The van der Waals surface area contributed by atoms with E-state index in [1.807, 2.05) is 63.9 Å². The van der Waals surface area contributed by atoms with Crippen molar-refractivity contribution in [2.75, 3.05) is 18.5 Å². The number of benzene rings is 2. The maximum absolute atomic E-state index is 12.5. The zero-order valence-electron chi connectivity index (χ0n) is 17.5. The number of Topliss-reactive ketones (excluding diaryl/α,β-unsaturated/α-hetero) is 1. The Labute approximate surface area is 171 Å². The minimum atomic E-state index is -1.95. The molecule has 3 rings (SSSR count). The Morgan fingerprint density at radius 1 is 1.03 bits per heavy atom. The highest BCUT2D eigenvalue weighted by Crippen LogP contribution is 2.38. The van der Waals surface area contributed by atoms with Crippen LogP contribution < -0.4 is 4.90 Å². The van der Waals surface area contributed by atoms with Crippen LogP contribution in [-0.2, 0) is 14.3 Å². The summed E-state index contributed by atoms with van der Waals surface area (Å²) in [6.45, 7) is 7.62. The maximum atomic E-state index is 12.5. The van der Waals surface area contributed by atoms with Gasteiger partial charge in [0.15, 0.2) is 5.76 Å². The monoisotopic (exact) mass is 393 g/mol. The molecule has 0 spiro atoms. The van der Waals surface area contributed by atoms with Gasteiger partial charge in [0.05, 0.1) is 18.8 Å². The van der Waals surface area contributed by atoms with E-state index in [-0.39, 0.29) is 23.7 Å². The average Bonchev–Trinajstić information content (AvgIpc) is 2.69. The van der Waals surface area contributed by atoms with Crippen LogP contribution in [0, 0.1) is 11.8 Å². The summed E-state index contributed by atoms with van der Waals surface area (Å²) >= 11 is 0. The van der Waals surface area contributed by atoms with Crippen molar-refractivity contribution in [2.24, 2.45) is 0 Å². The van der Waals surface area contributed by atoms with Crippen molar-refractivity contribution in [3.63, 3.8) is 0 Å². The molecule has 1 atom stereocenters. The summed E-state index contributed by atoms with van der Waals surface area (Å²) in [4.78, 5) is 14.5. The molecule has 1 unspecified atom stereocenters. The van der Waals surface area contributed by atoms with Gasteiger partial charge in [-0.25, -0.2) is 0 Å². The first-order chi connectivity index (χ1) is 13.7. The Morgan fingerprint density at radius 2 is 1.69 bits per heavy atom. The van der Waals surface area contributed by atoms with Crippen LogP contribution in [0.2, 0.25) is 0 Å². The van der Waals surface area contributed by atoms with Gasteiger partial charge in [-0.05, 0) is 45.1 Å². The van der Waals surface area contributed by atoms with Gasteiger partial charge < -0.3 is 19.5 Å². The second-order valence-electron chi connectivity index (χ2n) is 7.69. The van der Waals surface area contributed by atoms with Crippen molar-refractivity contribution < 1.29 is 19.4 Å². The third-order valence-electron chi connectivity index (χ3n) is 4.54. The van der Waals surface area contributed by atoms with Crippen LogP contribution in [0.4, 0.5) is 5.69 Å². The van der Waals surface area contributed by atoms with Gasteiger partial charge in [0, 0.05) is 18.1 Å². The molecule has 0 amide bonds. The first kappa shape index (κ1) is 20.8. The van der Waals surface area contributed by atoms with Crippen LogP contribution in [0.1, 0.15) is 27.7 Å². The maximum Gasteiger partial charge on any atom is 0.254 e. The lowest BCUT2D eigenvalue weighted by Gasteiger charge is -2.36. The normalized spacial score (nSPS) is 18.6. The lowest BCUT2D eigenvalue weighted by atomic mass is 9.83. The Bertz CT molecular complexity index is 1010. The van der Waals surface area contributed by atoms with Gasteiger partial charge in [-0.15, -0.1) is 0 Å². The molecule has 152 valence electrons. The summed E-state index contributed by atoms with van der Waals surface area (Å²) in [5.74, 6) is 5.25. The van der Waals surface area contributed by atoms with Gasteiger partial charge in [-0.1, -0.05) is 42.3 Å². The fourth-order valence-corrected chi connectivity index (χ4v) is 3.22. The molecule has 0 aliphatic heterocycles. The fraction of sp³-hybridized carbons (Fsp3) is 0.375. The van der Waals surface area contributed by atoms with Crippen LogP contribution in [0.3, 0.4) is 0 Å². The third-order valence-corrected chi connectivity index (χ3v) is 4.54. The van der Waals surface area contributed by atoms with Crippen molar-refractivity contribution in [1.29, 1.82) is 0 Å². The lowest BCUT2D eigenvalue weighted by Crippen LogP contribution is -2.52. The van der Waals surface area contributed by atoms with Crippen LogP contribution in [0.15, 0.2) is 54.0 Å². The molecular formula is C24H27NO4. The van der Waals surface area contributed by atoms with E-state index in [0.717, 1.165) is 16.5 Å². The van der Waals surface area contributed by atoms with Crippen LogP contribution >= 0.6 is 0 Å². The van der Waals surface area contributed by atoms with E-state index in [2.05, 4.69) is 30.0 Å². The number of ether oxygens (including phenoxy) is 2. The number of ketones is 1. The number of hydrogen-bond donors (Lipinski definition) is 1. The summed E-state index contributed by atoms with van der Waals surface area (Å²) in [5, 5.41) is 13.1. The highest BCUT2D eigenvalue weighted by Gasteiger charge is 2.56. The summed E-state index contributed by atoms with van der Waals surface area (Å²) < 4.78 is 11.2. The number of hydrogen-bond acceptors (Lipinski definition) is 5. The second-order valence-corrected chi connectivity index (χ2v) is 7.69. The Kier molecular flexibility index (Phi) is 5.86. The predicted octanol–water partition coefficient (Wildman–Crippen LogP) is 3.65. The number of nitrogens with zero attached hydrogens (tertiary/aromatic N) is 1. The summed E-state index contributed by atoms with van der Waals surface area (Å²) in [6, 6.07) is 14.2. The van der Waals surface area contributed by atoms with Crippen molar-refractivity contribution in [1.82, 2.24) is 0 Å². The van der Waals surface area contributed by atoms with Gasteiger partial charge in [0.25, 0.3) is 11.4 Å². The lowest BCUT2D eigenvalue weighted by molar-refractivity contribution is -0.143. The van der Waals surface area contributed by atoms with E-state index in [9.17, 15) is 9.90 Å². The summed E-state index contributed by atoms with van der Waals surface area (Å²) in [7, 11) is 1.93. The molecule has 1 aliphatic carbocycles. The van der Waals surface area contributed by atoms with Gasteiger partial charge >= 0.3 is 0 Å². The van der Waals surface area contributed by atoms with Crippen molar-refractivity contribution >= 4 is 22.2 Å². The molecule has 0 bridgehead atoms. The van der Waals surface area contributed by atoms with E-state index in [0.29, 0.717) is 6.54 Å². The number of aliphatic hydroxyl groups is 1. The molecule has 0 heterocycles. The van der Waals surface area contributed by atoms with E-state index in [4.69, 9.17) is 9.47 Å². The summed E-state index contributed by atoms with van der Waals surface area (Å²) in [6.07, 6.45) is -0.412. The van der Waals surface area contributed by atoms with Crippen molar-refractivity contribution in [2.45, 2.75) is 45.5 Å². The predicted molar refractivity (Wildman–Crippen MR) is 114 cm³/mol. The smallest absolute Gasteiger partial charge is 0.254 e. The largest absolute Gasteiger partial charge is 0.487 e. The third kappa shape index (κ3) is 4.08. The molecule has 5 heteroatoms. The molecule has 1 aliphatic rings. The Balaban J connectivity index is 1.83. The molecule has 0 radical (unpaired) electrons. The molecule has 5 nitrogen and oxygen atoms in total. The quantitative estimate of drug-likeness (QED) is 0.759. The average molecular weight is 393 g/mol. The Morgan fingerprint density at radius 3 is 2.38 bits per heavy atom. The molecule has 2 aromatic rings. The molecule has 1 N–H and O–H groups in total. The van der Waals surface area contributed by atoms with Gasteiger partial charge in [-0.3, -0.25) is 4.79 Å². The highest BCUT2D eigenvalue weighted by atomic mass is 16.5. The van der Waals surface area contributed by atoms with E-state index < -0.39 is 11.4 Å². The number of anilines is 1. The molecule has 29 heavy (non-hydrogen) atoms. The molecule has 2 aromatic carbocycles. The standard InChI is InChI=1S/C24H27NO4/c1-16(2)28-21-22(26)24(27,23(21)29-17(3)4)14-9-15-25(5)20-13-8-11-18-10-6-7-12-19(18)20/h6-8,10-13,16-17,27H,15H2,1-5H3. The first-order valence-corrected chi connectivity index (χ1v) is 9.78. The van der Waals surface area contributed by atoms with Crippen LogP contribution in [-0.4, -0.2) is 42.3 Å². The van der Waals surface area contributed by atoms with Crippen molar-refractivity contribution in [3.8, 4) is 11.8 Å². The summed E-state index contributed by atoms with van der Waals surface area (Å²) in [5.41, 5.74) is -0.920. The second kappa shape index (κ2) is 8.18. The van der Waals surface area contributed by atoms with Gasteiger partial charge in [0.2, 0.25) is 5.76 Å². The van der Waals surface area contributed by atoms with E-state index in [1.54, 1.807) is 0 Å². The minimum absolute atomic E-state index is 0.0629. The number of fused-ring (bicyclic) bond motifs is 1. The minimum Gasteiger partial charge on any atom is -0.487 e. The fourth-order valence-electron chi connectivity index (χ4n) is 3.22. The Hall–Kier alpha value is -2.97. The topological polar surface area (TPSA) is 59.0 Å². The molecule has 0 saturated carbocycles. The van der Waals surface area contributed by atoms with E-state index >= 15 is 0 Å². The zero-order valence-corrected chi connectivity index (χ0v) is 17.5. The first-order valence-electron chi connectivity index (χ1n) is 9.78. The highest BCUT2D eigenvalue weighted by molar-refractivity contribution is 6.12. The zero-order chi connectivity index (χ0) is 21.2. The van der Waals surface area contributed by atoms with Gasteiger partial charge in [-0.2, -0.15) is 0 Å². The number of carbonyl (C=O) groups is 1. The molecule has 0 saturated heterocycles. The van der Waals surface area contributed by atoms with Crippen LogP contribution in [0.5, 0.6) is 0 Å². The number of rotatable bonds is 6. The molecule has 0 fully saturated rings. The van der Waals surface area contributed by atoms with Crippen LogP contribution in [0.25, 0.3) is 10.8 Å². The molecule has 0 aromatic heterocycles. The van der Waals surface area contributed by atoms with Gasteiger partial charge in [0.1, 0.15) is 0 Å². The van der Waals surface area contributed by atoms with E-state index in [1.165, 1.54) is 0 Å².